The van der Waals surface area contributed by atoms with Crippen molar-refractivity contribution in [2.24, 2.45) is 4.99 Å². The van der Waals surface area contributed by atoms with Crippen molar-refractivity contribution in [3.05, 3.63) is 0 Å². The van der Waals surface area contributed by atoms with Crippen LogP contribution in [0, 0.1) is 0 Å². The fraction of sp³-hybridized carbons (Fsp3) is 0.933. The monoisotopic (exact) mass is 427 g/mol. The van der Waals surface area contributed by atoms with E-state index >= 15 is 0 Å². The second kappa shape index (κ2) is 8.24. The van der Waals surface area contributed by atoms with Crippen LogP contribution in [0.25, 0.3) is 0 Å². The number of aliphatic hydroxyl groups is 1. The Morgan fingerprint density at radius 3 is 2.57 bits per heavy atom. The standard InChI is InChI=1S/C15H29N3OS.HI/c1-4-16-13(17-11-15(19)7-5-6-8-15)18-9-10-20-14(2,3)12-18;/h19H,4-12H2,1-3H3,(H,16,17);1H. The summed E-state index contributed by atoms with van der Waals surface area (Å²) in [5, 5.41) is 13.8. The highest BCUT2D eigenvalue weighted by Crippen LogP contribution is 2.31. The zero-order valence-electron chi connectivity index (χ0n) is 13.5. The Labute approximate surface area is 150 Å². The summed E-state index contributed by atoms with van der Waals surface area (Å²) >= 11 is 2.03. The lowest BCUT2D eigenvalue weighted by Crippen LogP contribution is -2.51. The molecule has 2 aliphatic rings. The Balaban J connectivity index is 0.00000220. The number of nitrogens with zero attached hydrogens (tertiary/aromatic N) is 2. The lowest BCUT2D eigenvalue weighted by molar-refractivity contribution is 0.0571. The number of hydrogen-bond acceptors (Lipinski definition) is 3. The van der Waals surface area contributed by atoms with Crippen molar-refractivity contribution < 1.29 is 5.11 Å². The van der Waals surface area contributed by atoms with E-state index in [2.05, 4.69) is 31.0 Å². The van der Waals surface area contributed by atoms with E-state index in [1.165, 1.54) is 0 Å². The van der Waals surface area contributed by atoms with E-state index in [1.54, 1.807) is 0 Å². The van der Waals surface area contributed by atoms with Gasteiger partial charge in [-0.15, -0.1) is 24.0 Å². The van der Waals surface area contributed by atoms with Gasteiger partial charge in [0.25, 0.3) is 0 Å². The molecule has 2 rings (SSSR count). The maximum atomic E-state index is 10.5. The van der Waals surface area contributed by atoms with Crippen LogP contribution < -0.4 is 5.32 Å². The van der Waals surface area contributed by atoms with Gasteiger partial charge in [0.1, 0.15) is 0 Å². The molecule has 1 saturated carbocycles. The number of hydrogen-bond donors (Lipinski definition) is 2. The highest BCUT2D eigenvalue weighted by Gasteiger charge is 2.32. The number of guanidine groups is 1. The summed E-state index contributed by atoms with van der Waals surface area (Å²) in [6.45, 7) is 10.2. The second-order valence-electron chi connectivity index (χ2n) is 6.63. The predicted molar refractivity (Wildman–Crippen MR) is 103 cm³/mol. The molecule has 0 aromatic heterocycles. The molecule has 2 fully saturated rings. The zero-order chi connectivity index (χ0) is 14.6. The molecule has 4 nitrogen and oxygen atoms in total. The van der Waals surface area contributed by atoms with Gasteiger partial charge in [-0.2, -0.15) is 11.8 Å². The van der Waals surface area contributed by atoms with Crippen LogP contribution in [0.2, 0.25) is 0 Å². The summed E-state index contributed by atoms with van der Waals surface area (Å²) in [5.74, 6) is 2.11. The van der Waals surface area contributed by atoms with Crippen molar-refractivity contribution in [1.29, 1.82) is 0 Å². The molecule has 1 aliphatic heterocycles. The van der Waals surface area contributed by atoms with Gasteiger partial charge in [-0.3, -0.25) is 4.99 Å². The minimum Gasteiger partial charge on any atom is -0.388 e. The van der Waals surface area contributed by atoms with Crippen molar-refractivity contribution in [3.8, 4) is 0 Å². The van der Waals surface area contributed by atoms with E-state index in [0.29, 0.717) is 6.54 Å². The molecule has 0 amide bonds. The van der Waals surface area contributed by atoms with Crippen LogP contribution in [0.4, 0.5) is 0 Å². The Kier molecular flexibility index (Phi) is 7.60. The molecular weight excluding hydrogens is 397 g/mol. The van der Waals surface area contributed by atoms with Gasteiger partial charge in [0, 0.05) is 30.1 Å². The first-order valence-corrected chi connectivity index (χ1v) is 8.82. The molecule has 124 valence electrons. The van der Waals surface area contributed by atoms with Crippen LogP contribution in [-0.2, 0) is 0 Å². The normalized spacial score (nSPS) is 24.6. The molecule has 0 unspecified atom stereocenters. The van der Waals surface area contributed by atoms with Gasteiger partial charge in [0.05, 0.1) is 12.1 Å². The molecule has 0 aromatic rings. The maximum Gasteiger partial charge on any atom is 0.194 e. The van der Waals surface area contributed by atoms with Crippen LogP contribution in [0.15, 0.2) is 4.99 Å². The van der Waals surface area contributed by atoms with Crippen LogP contribution in [-0.4, -0.2) is 58.2 Å². The molecule has 0 aromatic carbocycles. The lowest BCUT2D eigenvalue weighted by Gasteiger charge is -2.39. The van der Waals surface area contributed by atoms with Gasteiger partial charge in [0.15, 0.2) is 5.96 Å². The Morgan fingerprint density at radius 1 is 1.33 bits per heavy atom. The van der Waals surface area contributed by atoms with Crippen molar-refractivity contribution in [2.45, 2.75) is 56.8 Å². The molecule has 1 aliphatic carbocycles. The molecule has 0 bridgehead atoms. The van der Waals surface area contributed by atoms with Crippen LogP contribution >= 0.6 is 35.7 Å². The van der Waals surface area contributed by atoms with Gasteiger partial charge >= 0.3 is 0 Å². The first kappa shape index (κ1) is 19.4. The Hall–Kier alpha value is 0.310. The number of halogens is 1. The van der Waals surface area contributed by atoms with E-state index in [9.17, 15) is 5.11 Å². The number of nitrogens with one attached hydrogen (secondary N) is 1. The van der Waals surface area contributed by atoms with Gasteiger partial charge in [-0.05, 0) is 33.6 Å². The van der Waals surface area contributed by atoms with E-state index in [4.69, 9.17) is 4.99 Å². The quantitative estimate of drug-likeness (QED) is 0.413. The molecule has 21 heavy (non-hydrogen) atoms. The van der Waals surface area contributed by atoms with Crippen molar-refractivity contribution in [3.63, 3.8) is 0 Å². The third-order valence-electron chi connectivity index (χ3n) is 4.12. The van der Waals surface area contributed by atoms with E-state index in [-0.39, 0.29) is 28.7 Å². The predicted octanol–water partition coefficient (Wildman–Crippen LogP) is 2.70. The van der Waals surface area contributed by atoms with E-state index < -0.39 is 5.60 Å². The van der Waals surface area contributed by atoms with Crippen molar-refractivity contribution in [2.75, 3.05) is 31.9 Å². The first-order valence-electron chi connectivity index (χ1n) is 7.84. The van der Waals surface area contributed by atoms with E-state index in [0.717, 1.165) is 57.0 Å². The molecular formula is C15H30IN3OS. The summed E-state index contributed by atoms with van der Waals surface area (Å²) in [4.78, 5) is 7.07. The molecule has 0 spiro atoms. The van der Waals surface area contributed by atoms with Gasteiger partial charge < -0.3 is 15.3 Å². The fourth-order valence-electron chi connectivity index (χ4n) is 3.04. The number of aliphatic imine (C=N–C) groups is 1. The third-order valence-corrected chi connectivity index (χ3v) is 5.41. The largest absolute Gasteiger partial charge is 0.388 e. The molecule has 0 atom stereocenters. The summed E-state index contributed by atoms with van der Waals surface area (Å²) in [7, 11) is 0. The minimum atomic E-state index is -0.555. The topological polar surface area (TPSA) is 47.9 Å². The Bertz CT molecular complexity index is 357. The fourth-order valence-corrected chi connectivity index (χ4v) is 4.15. The lowest BCUT2D eigenvalue weighted by atomic mass is 10.0. The summed E-state index contributed by atoms with van der Waals surface area (Å²) in [6, 6.07) is 0. The van der Waals surface area contributed by atoms with Crippen LogP contribution in [0.5, 0.6) is 0 Å². The first-order chi connectivity index (χ1) is 9.44. The summed E-state index contributed by atoms with van der Waals surface area (Å²) < 4.78 is 0.276. The number of rotatable bonds is 3. The second-order valence-corrected chi connectivity index (χ2v) is 8.43. The maximum absolute atomic E-state index is 10.5. The molecule has 1 heterocycles. The van der Waals surface area contributed by atoms with Crippen molar-refractivity contribution >= 4 is 41.7 Å². The van der Waals surface area contributed by atoms with Crippen molar-refractivity contribution in [1.82, 2.24) is 10.2 Å². The van der Waals surface area contributed by atoms with Crippen LogP contribution in [0.1, 0.15) is 46.5 Å². The van der Waals surface area contributed by atoms with E-state index in [1.807, 2.05) is 11.8 Å². The summed E-state index contributed by atoms with van der Waals surface area (Å²) in [5.41, 5.74) is -0.555. The van der Waals surface area contributed by atoms with Gasteiger partial charge in [-0.25, -0.2) is 0 Å². The average molecular weight is 427 g/mol. The smallest absolute Gasteiger partial charge is 0.194 e. The Morgan fingerprint density at radius 2 is 2.00 bits per heavy atom. The minimum absolute atomic E-state index is 0. The highest BCUT2D eigenvalue weighted by molar-refractivity contribution is 14.0. The molecule has 0 radical (unpaired) electrons. The SMILES string of the molecule is CCNC(=NCC1(O)CCCC1)N1CCSC(C)(C)C1.I. The average Bonchev–Trinajstić information content (AvgIpc) is 2.80. The third kappa shape index (κ3) is 5.78. The zero-order valence-corrected chi connectivity index (χ0v) is 16.7. The molecule has 6 heteroatoms. The highest BCUT2D eigenvalue weighted by atomic mass is 127. The van der Waals surface area contributed by atoms with Crippen LogP contribution in [0.3, 0.4) is 0 Å². The molecule has 1 saturated heterocycles. The van der Waals surface area contributed by atoms with Gasteiger partial charge in [-0.1, -0.05) is 12.8 Å². The summed E-state index contributed by atoms with van der Waals surface area (Å²) in [6.07, 6.45) is 4.07. The van der Waals surface area contributed by atoms with Gasteiger partial charge in [0.2, 0.25) is 0 Å². The molecule has 2 N–H and O–H groups in total. The number of thioether (sulfide) groups is 1.